The maximum absolute atomic E-state index is 12.4. The van der Waals surface area contributed by atoms with E-state index in [1.54, 1.807) is 14.2 Å². The Morgan fingerprint density at radius 2 is 2.12 bits per heavy atom. The molecule has 0 amide bonds. The molecule has 2 aromatic rings. The fraction of sp³-hybridized carbons (Fsp3) is 0.294. The van der Waals surface area contributed by atoms with E-state index >= 15 is 0 Å². The summed E-state index contributed by atoms with van der Waals surface area (Å²) < 4.78 is 16.2. The van der Waals surface area contributed by atoms with E-state index in [9.17, 15) is 4.79 Å². The highest BCUT2D eigenvalue weighted by Gasteiger charge is 2.42. The number of fused-ring (bicyclic) bond motifs is 1. The highest BCUT2D eigenvalue weighted by atomic mass is 16.5. The molecule has 0 fully saturated rings. The molecule has 0 unspecified atom stereocenters. The van der Waals surface area contributed by atoms with E-state index < -0.39 is 0 Å². The number of H-pyrrole nitrogens is 1. The van der Waals surface area contributed by atoms with E-state index in [-0.39, 0.29) is 18.5 Å². The van der Waals surface area contributed by atoms with Crippen LogP contribution in [-0.2, 0) is 9.53 Å². The predicted molar refractivity (Wildman–Crippen MR) is 86.3 cm³/mol. The van der Waals surface area contributed by atoms with Gasteiger partial charge in [-0.3, -0.25) is 5.10 Å². The van der Waals surface area contributed by atoms with Crippen LogP contribution in [0.15, 0.2) is 29.5 Å². The van der Waals surface area contributed by atoms with E-state index in [1.165, 1.54) is 0 Å². The summed E-state index contributed by atoms with van der Waals surface area (Å²) in [6, 6.07) is 5.65. The molecule has 2 N–H and O–H groups in total. The Bertz CT molecular complexity index is 869. The lowest BCUT2D eigenvalue weighted by Gasteiger charge is -2.26. The number of nitrogens with zero attached hydrogens (tertiary/aromatic N) is 1. The number of aromatic amines is 1. The lowest BCUT2D eigenvalue weighted by molar-refractivity contribution is -0.136. The number of hydrogen-bond acceptors (Lipinski definition) is 6. The third-order valence-corrected chi connectivity index (χ3v) is 4.48. The Morgan fingerprint density at radius 3 is 2.88 bits per heavy atom. The summed E-state index contributed by atoms with van der Waals surface area (Å²) in [6.45, 7) is 2.15. The van der Waals surface area contributed by atoms with Crippen LogP contribution in [0.4, 0.5) is 5.82 Å². The van der Waals surface area contributed by atoms with Gasteiger partial charge < -0.3 is 19.5 Å². The minimum atomic E-state index is -0.324. The second-order valence-electron chi connectivity index (χ2n) is 5.72. The third-order valence-electron chi connectivity index (χ3n) is 4.48. The van der Waals surface area contributed by atoms with E-state index in [1.807, 2.05) is 25.1 Å². The first-order chi connectivity index (χ1) is 11.7. The van der Waals surface area contributed by atoms with Crippen LogP contribution in [0.5, 0.6) is 11.5 Å². The van der Waals surface area contributed by atoms with Gasteiger partial charge >= 0.3 is 5.97 Å². The highest BCUT2D eigenvalue weighted by Crippen LogP contribution is 2.48. The van der Waals surface area contributed by atoms with Crippen LogP contribution in [0.2, 0.25) is 0 Å². The second-order valence-corrected chi connectivity index (χ2v) is 5.72. The molecule has 0 bridgehead atoms. The largest absolute Gasteiger partial charge is 0.493 e. The van der Waals surface area contributed by atoms with Crippen molar-refractivity contribution in [1.29, 1.82) is 0 Å². The van der Waals surface area contributed by atoms with Gasteiger partial charge in [0.15, 0.2) is 17.3 Å². The fourth-order valence-corrected chi connectivity index (χ4v) is 3.44. The van der Waals surface area contributed by atoms with Crippen LogP contribution in [-0.4, -0.2) is 37.0 Å². The number of carbonyl (C=O) groups is 1. The minimum Gasteiger partial charge on any atom is -0.493 e. The SMILES string of the molecule is COc1cccc([C@@H]2C3=C(COC3=O)Nc3n[nH]c(C)c32)c1OC. The van der Waals surface area contributed by atoms with Crippen molar-refractivity contribution >= 4 is 11.8 Å². The monoisotopic (exact) mass is 327 g/mol. The lowest BCUT2D eigenvalue weighted by atomic mass is 9.81. The van der Waals surface area contributed by atoms with E-state index in [0.717, 1.165) is 22.5 Å². The zero-order chi connectivity index (χ0) is 16.8. The fourth-order valence-electron chi connectivity index (χ4n) is 3.44. The number of esters is 1. The van der Waals surface area contributed by atoms with E-state index in [4.69, 9.17) is 14.2 Å². The molecule has 0 aliphatic carbocycles. The van der Waals surface area contributed by atoms with E-state index in [0.29, 0.717) is 22.9 Å². The molecule has 1 aromatic carbocycles. The Labute approximate surface area is 138 Å². The number of carbonyl (C=O) groups excluding carboxylic acids is 1. The number of ether oxygens (including phenoxy) is 3. The summed E-state index contributed by atoms with van der Waals surface area (Å²) in [4.78, 5) is 12.4. The first-order valence-electron chi connectivity index (χ1n) is 7.58. The van der Waals surface area contributed by atoms with Gasteiger partial charge in [-0.15, -0.1) is 0 Å². The average molecular weight is 327 g/mol. The summed E-state index contributed by atoms with van der Waals surface area (Å²) in [5.74, 6) is 1.28. The van der Waals surface area contributed by atoms with Gasteiger partial charge in [-0.05, 0) is 13.0 Å². The molecule has 1 aromatic heterocycles. The molecule has 2 aliphatic rings. The summed E-state index contributed by atoms with van der Waals surface area (Å²) in [5.41, 5.74) is 3.99. The number of cyclic esters (lactones) is 1. The maximum Gasteiger partial charge on any atom is 0.337 e. The average Bonchev–Trinajstić information content (AvgIpc) is 3.16. The number of hydrogen-bond donors (Lipinski definition) is 2. The molecule has 24 heavy (non-hydrogen) atoms. The number of benzene rings is 1. The van der Waals surface area contributed by atoms with Crippen molar-refractivity contribution in [1.82, 2.24) is 10.2 Å². The molecule has 2 aliphatic heterocycles. The molecule has 0 spiro atoms. The van der Waals surface area contributed by atoms with Crippen LogP contribution in [0.3, 0.4) is 0 Å². The minimum absolute atomic E-state index is 0.225. The molecule has 1 atom stereocenters. The smallest absolute Gasteiger partial charge is 0.337 e. The lowest BCUT2D eigenvalue weighted by Crippen LogP contribution is -2.20. The van der Waals surface area contributed by atoms with Gasteiger partial charge in [0.1, 0.15) is 6.61 Å². The normalized spacial score (nSPS) is 18.6. The predicted octanol–water partition coefficient (Wildman–Crippen LogP) is 2.10. The van der Waals surface area contributed by atoms with Crippen LogP contribution >= 0.6 is 0 Å². The molecule has 124 valence electrons. The van der Waals surface area contributed by atoms with Gasteiger partial charge in [-0.25, -0.2) is 4.79 Å². The van der Waals surface area contributed by atoms with Crippen LogP contribution in [0, 0.1) is 6.92 Å². The van der Waals surface area contributed by atoms with Crippen molar-refractivity contribution in [3.63, 3.8) is 0 Å². The van der Waals surface area contributed by atoms with Crippen LogP contribution in [0.25, 0.3) is 0 Å². The van der Waals surface area contributed by atoms with Crippen molar-refractivity contribution in [2.24, 2.45) is 0 Å². The van der Waals surface area contributed by atoms with Crippen LogP contribution in [0.1, 0.15) is 22.7 Å². The number of aryl methyl sites for hydroxylation is 1. The number of aromatic nitrogens is 2. The van der Waals surface area contributed by atoms with Gasteiger partial charge in [-0.2, -0.15) is 5.10 Å². The summed E-state index contributed by atoms with van der Waals surface area (Å²) in [6.07, 6.45) is 0. The first kappa shape index (κ1) is 14.6. The number of anilines is 1. The van der Waals surface area contributed by atoms with Gasteiger partial charge in [0.25, 0.3) is 0 Å². The Balaban J connectivity index is 1.99. The highest BCUT2D eigenvalue weighted by molar-refractivity contribution is 5.97. The molecule has 7 nitrogen and oxygen atoms in total. The van der Waals surface area contributed by atoms with Gasteiger partial charge in [-0.1, -0.05) is 12.1 Å². The van der Waals surface area contributed by atoms with Crippen molar-refractivity contribution in [3.8, 4) is 11.5 Å². The number of methoxy groups -OCH3 is 2. The molecule has 0 saturated carbocycles. The van der Waals surface area contributed by atoms with Crippen molar-refractivity contribution in [2.45, 2.75) is 12.8 Å². The molecule has 3 heterocycles. The van der Waals surface area contributed by atoms with Gasteiger partial charge in [0, 0.05) is 16.8 Å². The molecule has 0 radical (unpaired) electrons. The third kappa shape index (κ3) is 1.90. The molecular weight excluding hydrogens is 310 g/mol. The summed E-state index contributed by atoms with van der Waals surface area (Å²) in [5, 5.41) is 10.5. The van der Waals surface area contributed by atoms with E-state index in [2.05, 4.69) is 15.5 Å². The Morgan fingerprint density at radius 1 is 1.29 bits per heavy atom. The zero-order valence-electron chi connectivity index (χ0n) is 13.6. The zero-order valence-corrected chi connectivity index (χ0v) is 13.6. The molecule has 0 saturated heterocycles. The maximum atomic E-state index is 12.4. The Hall–Kier alpha value is -2.96. The van der Waals surface area contributed by atoms with Crippen molar-refractivity contribution < 1.29 is 19.0 Å². The topological polar surface area (TPSA) is 85.5 Å². The van der Waals surface area contributed by atoms with Gasteiger partial charge in [0.05, 0.1) is 31.4 Å². The number of rotatable bonds is 3. The Kier molecular flexibility index (Phi) is 3.23. The second kappa shape index (κ2) is 5.30. The van der Waals surface area contributed by atoms with Gasteiger partial charge in [0.2, 0.25) is 0 Å². The summed E-state index contributed by atoms with van der Waals surface area (Å²) in [7, 11) is 3.18. The number of para-hydroxylation sites is 1. The number of nitrogens with one attached hydrogen (secondary N) is 2. The quantitative estimate of drug-likeness (QED) is 0.840. The van der Waals surface area contributed by atoms with Crippen molar-refractivity contribution in [2.75, 3.05) is 26.1 Å². The van der Waals surface area contributed by atoms with Crippen LogP contribution < -0.4 is 14.8 Å². The molecule has 7 heteroatoms. The standard InChI is InChI=1S/C17H17N3O4/c1-8-12-13(9-5-4-6-11(22-2)15(9)23-3)14-10(7-24-17(14)21)18-16(12)20-19-8/h4-6,13H,7H2,1-3H3,(H2,18,19,20)/t13-/m0/s1. The van der Waals surface area contributed by atoms with Crippen molar-refractivity contribution in [3.05, 3.63) is 46.3 Å². The first-order valence-corrected chi connectivity index (χ1v) is 7.58. The molecule has 4 rings (SSSR count). The molecular formula is C17H17N3O4. The summed E-state index contributed by atoms with van der Waals surface area (Å²) >= 11 is 0.